The van der Waals surface area contributed by atoms with Gasteiger partial charge in [-0.3, -0.25) is 4.98 Å². The van der Waals surface area contributed by atoms with E-state index in [0.29, 0.717) is 28.7 Å². The molecule has 0 fully saturated rings. The molecule has 6 nitrogen and oxygen atoms in total. The van der Waals surface area contributed by atoms with Crippen molar-refractivity contribution in [1.82, 2.24) is 20.3 Å². The Hall–Kier alpha value is -2.28. The van der Waals surface area contributed by atoms with Crippen molar-refractivity contribution in [3.63, 3.8) is 0 Å². The van der Waals surface area contributed by atoms with E-state index in [1.54, 1.807) is 6.20 Å². The van der Waals surface area contributed by atoms with Gasteiger partial charge in [0.1, 0.15) is 11.3 Å². The predicted molar refractivity (Wildman–Crippen MR) is 105 cm³/mol. The number of aliphatic hydroxyl groups is 1. The number of rotatable bonds is 6. The van der Waals surface area contributed by atoms with Gasteiger partial charge in [-0.2, -0.15) is 0 Å². The summed E-state index contributed by atoms with van der Waals surface area (Å²) in [4.78, 5) is 13.6. The number of halogens is 1. The number of aliphatic hydroxyl groups excluding tert-OH is 1. The molecule has 0 saturated heterocycles. The first-order valence-corrected chi connectivity index (χ1v) is 8.85. The van der Waals surface area contributed by atoms with Crippen LogP contribution in [0.2, 0.25) is 5.02 Å². The van der Waals surface area contributed by atoms with Gasteiger partial charge >= 0.3 is 0 Å². The summed E-state index contributed by atoms with van der Waals surface area (Å²) in [6.07, 6.45) is 1.80. The molecular formula is C19H22ClN5O. The predicted octanol–water partition coefficient (Wildman–Crippen LogP) is 3.51. The van der Waals surface area contributed by atoms with E-state index in [1.807, 2.05) is 45.0 Å². The summed E-state index contributed by atoms with van der Waals surface area (Å²) in [6.45, 7) is 6.45. The second kappa shape index (κ2) is 7.95. The smallest absolute Gasteiger partial charge is 0.160 e. The van der Waals surface area contributed by atoms with Crippen molar-refractivity contribution < 1.29 is 5.11 Å². The molecule has 0 aliphatic rings. The highest BCUT2D eigenvalue weighted by Gasteiger charge is 2.11. The highest BCUT2D eigenvalue weighted by Crippen LogP contribution is 2.28. The fourth-order valence-electron chi connectivity index (χ4n) is 2.59. The minimum atomic E-state index is 0.0286. The lowest BCUT2D eigenvalue weighted by Crippen LogP contribution is -2.28. The summed E-state index contributed by atoms with van der Waals surface area (Å²) in [7, 11) is 0. The van der Waals surface area contributed by atoms with E-state index >= 15 is 0 Å². The molecule has 0 bridgehead atoms. The normalized spacial score (nSPS) is 12.3. The van der Waals surface area contributed by atoms with E-state index < -0.39 is 0 Å². The van der Waals surface area contributed by atoms with Crippen LogP contribution < -0.4 is 10.6 Å². The number of hydrogen-bond acceptors (Lipinski definition) is 6. The maximum absolute atomic E-state index is 9.12. The largest absolute Gasteiger partial charge is 0.395 e. The first-order chi connectivity index (χ1) is 12.5. The van der Waals surface area contributed by atoms with Crippen LogP contribution in [0.4, 0.5) is 11.5 Å². The molecule has 1 aromatic carbocycles. The Bertz CT molecular complexity index is 931. The van der Waals surface area contributed by atoms with Crippen molar-refractivity contribution in [2.24, 2.45) is 0 Å². The third-order valence-corrected chi connectivity index (χ3v) is 4.56. The molecule has 0 aliphatic carbocycles. The number of aromatic nitrogens is 3. The van der Waals surface area contributed by atoms with Gasteiger partial charge in [0.25, 0.3) is 0 Å². The van der Waals surface area contributed by atoms with Gasteiger partial charge in [0.2, 0.25) is 0 Å². The molecule has 0 amide bonds. The quantitative estimate of drug-likeness (QED) is 0.615. The number of aryl methyl sites for hydroxylation is 1. The number of anilines is 2. The number of pyridine rings is 1. The third kappa shape index (κ3) is 4.09. The van der Waals surface area contributed by atoms with Crippen LogP contribution in [0.15, 0.2) is 30.5 Å². The lowest BCUT2D eigenvalue weighted by atomic mass is 10.2. The fraction of sp³-hybridized carbons (Fsp3) is 0.316. The second-order valence-electron chi connectivity index (χ2n) is 6.33. The van der Waals surface area contributed by atoms with E-state index in [1.165, 1.54) is 0 Å². The highest BCUT2D eigenvalue weighted by atomic mass is 35.5. The molecule has 0 saturated carbocycles. The van der Waals surface area contributed by atoms with Crippen LogP contribution in [0.25, 0.3) is 11.0 Å². The summed E-state index contributed by atoms with van der Waals surface area (Å²) >= 11 is 6.21. The molecule has 1 atom stereocenters. The van der Waals surface area contributed by atoms with Crippen LogP contribution in [-0.2, 0) is 6.54 Å². The van der Waals surface area contributed by atoms with E-state index in [2.05, 4.69) is 25.6 Å². The minimum absolute atomic E-state index is 0.0286. The standard InChI is InChI=1S/C19H22ClN5O/c1-11(10-26)21-8-14-7-17-18(22-9-14)19(24-13(3)23-17)25-16-6-4-5-15(20)12(16)2/h4-7,9,11,21,26H,8,10H2,1-3H3,(H,23,24,25)/t11-/m0/s1. The van der Waals surface area contributed by atoms with Crippen LogP contribution in [0.1, 0.15) is 23.9 Å². The third-order valence-electron chi connectivity index (χ3n) is 4.15. The van der Waals surface area contributed by atoms with Gasteiger partial charge < -0.3 is 15.7 Å². The van der Waals surface area contributed by atoms with Crippen LogP contribution in [0.5, 0.6) is 0 Å². The Kier molecular flexibility index (Phi) is 5.66. The molecule has 2 aromatic heterocycles. The average Bonchev–Trinajstić information content (AvgIpc) is 2.63. The number of nitrogens with zero attached hydrogens (tertiary/aromatic N) is 3. The SMILES string of the molecule is Cc1nc(Nc2cccc(Cl)c2C)c2ncc(CN[C@@H](C)CO)cc2n1. The highest BCUT2D eigenvalue weighted by molar-refractivity contribution is 6.31. The average molecular weight is 372 g/mol. The monoisotopic (exact) mass is 371 g/mol. The van der Waals surface area contributed by atoms with E-state index in [-0.39, 0.29) is 12.6 Å². The van der Waals surface area contributed by atoms with E-state index in [4.69, 9.17) is 16.7 Å². The number of benzene rings is 1. The Morgan fingerprint density at radius 3 is 2.81 bits per heavy atom. The Morgan fingerprint density at radius 2 is 2.04 bits per heavy atom. The van der Waals surface area contributed by atoms with Crippen LogP contribution >= 0.6 is 11.6 Å². The van der Waals surface area contributed by atoms with Crippen molar-refractivity contribution in [3.8, 4) is 0 Å². The summed E-state index contributed by atoms with van der Waals surface area (Å²) in [5, 5.41) is 16.4. The maximum Gasteiger partial charge on any atom is 0.160 e. The van der Waals surface area contributed by atoms with Gasteiger partial charge in [-0.05, 0) is 50.1 Å². The number of fused-ring (bicyclic) bond motifs is 1. The number of nitrogens with one attached hydrogen (secondary N) is 2. The van der Waals surface area contributed by atoms with Crippen molar-refractivity contribution in [2.75, 3.05) is 11.9 Å². The van der Waals surface area contributed by atoms with Gasteiger partial charge in [0.05, 0.1) is 12.1 Å². The topological polar surface area (TPSA) is 83.0 Å². The van der Waals surface area contributed by atoms with Crippen molar-refractivity contribution in [1.29, 1.82) is 0 Å². The zero-order valence-corrected chi connectivity index (χ0v) is 15.8. The van der Waals surface area contributed by atoms with Gasteiger partial charge in [-0.1, -0.05) is 17.7 Å². The lowest BCUT2D eigenvalue weighted by Gasteiger charge is -2.13. The summed E-state index contributed by atoms with van der Waals surface area (Å²) in [5.41, 5.74) is 4.32. The zero-order valence-electron chi connectivity index (χ0n) is 15.0. The van der Waals surface area contributed by atoms with Crippen LogP contribution in [0, 0.1) is 13.8 Å². The molecule has 0 unspecified atom stereocenters. The van der Waals surface area contributed by atoms with Gasteiger partial charge in [-0.25, -0.2) is 9.97 Å². The zero-order chi connectivity index (χ0) is 18.7. The Labute approximate surface area is 157 Å². The first kappa shape index (κ1) is 18.5. The molecule has 3 N–H and O–H groups in total. The molecule has 0 spiro atoms. The van der Waals surface area contributed by atoms with Crippen molar-refractivity contribution in [3.05, 3.63) is 52.4 Å². The van der Waals surface area contributed by atoms with Gasteiger partial charge in [-0.15, -0.1) is 0 Å². The summed E-state index contributed by atoms with van der Waals surface area (Å²) in [5.74, 6) is 1.32. The summed E-state index contributed by atoms with van der Waals surface area (Å²) < 4.78 is 0. The maximum atomic E-state index is 9.12. The van der Waals surface area contributed by atoms with E-state index in [0.717, 1.165) is 22.3 Å². The molecule has 3 rings (SSSR count). The lowest BCUT2D eigenvalue weighted by molar-refractivity contribution is 0.251. The molecular weight excluding hydrogens is 350 g/mol. The van der Waals surface area contributed by atoms with Gasteiger partial charge in [0, 0.05) is 29.5 Å². The van der Waals surface area contributed by atoms with Crippen LogP contribution in [-0.4, -0.2) is 32.7 Å². The van der Waals surface area contributed by atoms with Crippen molar-refractivity contribution in [2.45, 2.75) is 33.4 Å². The van der Waals surface area contributed by atoms with E-state index in [9.17, 15) is 0 Å². The fourth-order valence-corrected chi connectivity index (χ4v) is 2.76. The molecule has 136 valence electrons. The van der Waals surface area contributed by atoms with Crippen molar-refractivity contribution >= 4 is 34.1 Å². The first-order valence-electron chi connectivity index (χ1n) is 8.47. The summed E-state index contributed by atoms with van der Waals surface area (Å²) in [6, 6.07) is 7.73. The Morgan fingerprint density at radius 1 is 1.23 bits per heavy atom. The molecule has 26 heavy (non-hydrogen) atoms. The van der Waals surface area contributed by atoms with Gasteiger partial charge in [0.15, 0.2) is 5.82 Å². The molecule has 2 heterocycles. The Balaban J connectivity index is 1.94. The molecule has 7 heteroatoms. The number of hydrogen-bond donors (Lipinski definition) is 3. The minimum Gasteiger partial charge on any atom is -0.395 e. The molecule has 3 aromatic rings. The molecule has 0 aliphatic heterocycles. The molecule has 0 radical (unpaired) electrons. The van der Waals surface area contributed by atoms with Crippen LogP contribution in [0.3, 0.4) is 0 Å². The second-order valence-corrected chi connectivity index (χ2v) is 6.74.